The number of hydrogen-bond donors (Lipinski definition) is 1. The molecule has 1 aromatic heterocycles. The standard InChI is InChI=1S/C11H11N5O2/c12-6-10(16(17)18)11-14-4-5-15(11)8-9-2-1-3-13-7-9/h1-3,7,14H,4-5,8H2/b11-10+. The lowest BCUT2D eigenvalue weighted by Crippen LogP contribution is -2.23. The van der Waals surface area contributed by atoms with Gasteiger partial charge in [-0.3, -0.25) is 15.1 Å². The molecule has 0 unspecified atom stereocenters. The van der Waals surface area contributed by atoms with Crippen LogP contribution in [0.5, 0.6) is 0 Å². The predicted molar refractivity (Wildman–Crippen MR) is 62.3 cm³/mol. The summed E-state index contributed by atoms with van der Waals surface area (Å²) in [5.41, 5.74) is 0.496. The van der Waals surface area contributed by atoms with E-state index in [-0.39, 0.29) is 5.82 Å². The van der Waals surface area contributed by atoms with Crippen molar-refractivity contribution in [3.63, 3.8) is 0 Å². The largest absolute Gasteiger partial charge is 0.385 e. The minimum absolute atomic E-state index is 0.284. The third-order valence-corrected chi connectivity index (χ3v) is 2.60. The molecule has 18 heavy (non-hydrogen) atoms. The van der Waals surface area contributed by atoms with Gasteiger partial charge in [-0.1, -0.05) is 6.07 Å². The molecule has 1 aliphatic heterocycles. The van der Waals surface area contributed by atoms with Crippen LogP contribution in [-0.4, -0.2) is 27.9 Å². The highest BCUT2D eigenvalue weighted by atomic mass is 16.6. The summed E-state index contributed by atoms with van der Waals surface area (Å²) < 4.78 is 0. The minimum atomic E-state index is -0.663. The fraction of sp³-hybridized carbons (Fsp3) is 0.273. The van der Waals surface area contributed by atoms with Crippen LogP contribution in [0.15, 0.2) is 36.0 Å². The normalized spacial score (nSPS) is 16.9. The second-order valence-electron chi connectivity index (χ2n) is 3.78. The third kappa shape index (κ3) is 2.38. The van der Waals surface area contributed by atoms with Crippen molar-refractivity contribution in [2.45, 2.75) is 6.54 Å². The van der Waals surface area contributed by atoms with Crippen molar-refractivity contribution >= 4 is 0 Å². The van der Waals surface area contributed by atoms with E-state index in [0.29, 0.717) is 19.6 Å². The summed E-state index contributed by atoms with van der Waals surface area (Å²) in [7, 11) is 0. The van der Waals surface area contributed by atoms with Crippen molar-refractivity contribution in [3.8, 4) is 6.07 Å². The van der Waals surface area contributed by atoms with Gasteiger partial charge in [0.1, 0.15) is 0 Å². The molecule has 0 bridgehead atoms. The van der Waals surface area contributed by atoms with Crippen LogP contribution in [0, 0.1) is 21.4 Å². The van der Waals surface area contributed by atoms with E-state index in [1.807, 2.05) is 6.07 Å². The molecule has 7 nitrogen and oxygen atoms in total. The summed E-state index contributed by atoms with van der Waals surface area (Å²) in [4.78, 5) is 15.9. The Bertz CT molecular complexity index is 520. The van der Waals surface area contributed by atoms with Crippen molar-refractivity contribution in [1.29, 1.82) is 5.26 Å². The average Bonchev–Trinajstić information content (AvgIpc) is 2.79. The third-order valence-electron chi connectivity index (χ3n) is 2.60. The van der Waals surface area contributed by atoms with Crippen LogP contribution in [0.3, 0.4) is 0 Å². The van der Waals surface area contributed by atoms with Crippen molar-refractivity contribution in [2.24, 2.45) is 0 Å². The van der Waals surface area contributed by atoms with Gasteiger partial charge in [-0.15, -0.1) is 0 Å². The summed E-state index contributed by atoms with van der Waals surface area (Å²) in [5, 5.41) is 22.5. The van der Waals surface area contributed by atoms with Crippen LogP contribution in [-0.2, 0) is 6.54 Å². The van der Waals surface area contributed by atoms with Crippen LogP contribution in [0.25, 0.3) is 0 Å². The molecular formula is C11H11N5O2. The highest BCUT2D eigenvalue weighted by Gasteiger charge is 2.27. The van der Waals surface area contributed by atoms with E-state index < -0.39 is 10.6 Å². The topological polar surface area (TPSA) is 95.1 Å². The lowest BCUT2D eigenvalue weighted by Gasteiger charge is -2.17. The Kier molecular flexibility index (Phi) is 3.38. The zero-order chi connectivity index (χ0) is 13.0. The Morgan fingerprint density at radius 2 is 2.56 bits per heavy atom. The first-order valence-electron chi connectivity index (χ1n) is 5.39. The van der Waals surface area contributed by atoms with Crippen LogP contribution < -0.4 is 5.32 Å². The Morgan fingerprint density at radius 1 is 1.72 bits per heavy atom. The summed E-state index contributed by atoms with van der Waals surface area (Å²) in [5.74, 6) is 0.284. The molecule has 0 aromatic carbocycles. The Hall–Kier alpha value is -2.62. The van der Waals surface area contributed by atoms with Crippen LogP contribution >= 0.6 is 0 Å². The van der Waals surface area contributed by atoms with Crippen molar-refractivity contribution in [1.82, 2.24) is 15.2 Å². The molecule has 2 heterocycles. The number of pyridine rings is 1. The summed E-state index contributed by atoms with van der Waals surface area (Å²) in [6.07, 6.45) is 3.37. The van der Waals surface area contributed by atoms with Crippen molar-refractivity contribution < 1.29 is 4.92 Å². The summed E-state index contributed by atoms with van der Waals surface area (Å²) in [6.45, 7) is 1.72. The fourth-order valence-corrected chi connectivity index (χ4v) is 1.82. The molecule has 0 atom stereocenters. The first kappa shape index (κ1) is 11.9. The number of nitro groups is 1. The highest BCUT2D eigenvalue weighted by molar-refractivity contribution is 5.22. The summed E-state index contributed by atoms with van der Waals surface area (Å²) in [6, 6.07) is 5.32. The summed E-state index contributed by atoms with van der Waals surface area (Å²) >= 11 is 0. The second-order valence-corrected chi connectivity index (χ2v) is 3.78. The van der Waals surface area contributed by atoms with Crippen molar-refractivity contribution in [2.75, 3.05) is 13.1 Å². The number of rotatable bonds is 3. The smallest absolute Gasteiger partial charge is 0.364 e. The fourth-order valence-electron chi connectivity index (χ4n) is 1.82. The van der Waals surface area contributed by atoms with Gasteiger partial charge in [0.2, 0.25) is 0 Å². The first-order chi connectivity index (χ1) is 8.72. The molecule has 1 aliphatic rings. The van der Waals surface area contributed by atoms with Gasteiger partial charge in [0.25, 0.3) is 0 Å². The maximum atomic E-state index is 10.8. The molecule has 0 amide bonds. The van der Waals surface area contributed by atoms with Gasteiger partial charge in [-0.05, 0) is 11.6 Å². The van der Waals surface area contributed by atoms with Gasteiger partial charge in [-0.25, -0.2) is 0 Å². The molecule has 7 heteroatoms. The molecule has 0 aliphatic carbocycles. The van der Waals surface area contributed by atoms with Gasteiger partial charge >= 0.3 is 5.70 Å². The van der Waals surface area contributed by atoms with E-state index >= 15 is 0 Å². The van der Waals surface area contributed by atoms with Gasteiger partial charge in [0, 0.05) is 32.0 Å². The Morgan fingerprint density at radius 3 is 3.17 bits per heavy atom. The van der Waals surface area contributed by atoms with Crippen LogP contribution in [0.1, 0.15) is 5.56 Å². The molecule has 0 saturated carbocycles. The number of allylic oxidation sites excluding steroid dienone is 1. The second kappa shape index (κ2) is 5.14. The molecule has 92 valence electrons. The maximum Gasteiger partial charge on any atom is 0.385 e. The van der Waals surface area contributed by atoms with Gasteiger partial charge in [-0.2, -0.15) is 5.26 Å². The number of nitrogens with one attached hydrogen (secondary N) is 1. The number of nitrogens with zero attached hydrogens (tertiary/aromatic N) is 4. The Balaban J connectivity index is 2.24. The van der Waals surface area contributed by atoms with E-state index in [0.717, 1.165) is 5.56 Å². The van der Waals surface area contributed by atoms with Crippen molar-refractivity contribution in [3.05, 3.63) is 51.7 Å². The van der Waals surface area contributed by atoms with E-state index in [9.17, 15) is 10.1 Å². The molecular weight excluding hydrogens is 234 g/mol. The first-order valence-corrected chi connectivity index (χ1v) is 5.39. The molecule has 2 rings (SSSR count). The highest BCUT2D eigenvalue weighted by Crippen LogP contribution is 2.16. The molecule has 0 radical (unpaired) electrons. The van der Waals surface area contributed by atoms with E-state index in [2.05, 4.69) is 10.3 Å². The zero-order valence-electron chi connectivity index (χ0n) is 9.54. The molecule has 1 aromatic rings. The SMILES string of the molecule is N#C/C(=C1/NCCN1Cc1cccnc1)[N+](=O)[O-]. The molecule has 0 spiro atoms. The Labute approximate surface area is 104 Å². The lowest BCUT2D eigenvalue weighted by molar-refractivity contribution is -0.419. The minimum Gasteiger partial charge on any atom is -0.364 e. The quantitative estimate of drug-likeness (QED) is 0.472. The number of aromatic nitrogens is 1. The van der Waals surface area contributed by atoms with E-state index in [1.54, 1.807) is 29.4 Å². The maximum absolute atomic E-state index is 10.8. The number of nitriles is 1. The van der Waals surface area contributed by atoms with Crippen LogP contribution in [0.2, 0.25) is 0 Å². The molecule has 1 fully saturated rings. The van der Waals surface area contributed by atoms with Gasteiger partial charge in [0.05, 0.1) is 4.92 Å². The lowest BCUT2D eigenvalue weighted by atomic mass is 10.2. The van der Waals surface area contributed by atoms with Gasteiger partial charge in [0.15, 0.2) is 11.9 Å². The van der Waals surface area contributed by atoms with E-state index in [4.69, 9.17) is 5.26 Å². The molecule has 1 N–H and O–H groups in total. The number of hydrogen-bond acceptors (Lipinski definition) is 6. The molecule has 1 saturated heterocycles. The zero-order valence-corrected chi connectivity index (χ0v) is 9.54. The monoisotopic (exact) mass is 245 g/mol. The predicted octanol–water partition coefficient (Wildman–Crippen LogP) is 0.456. The van der Waals surface area contributed by atoms with Crippen LogP contribution in [0.4, 0.5) is 0 Å². The average molecular weight is 245 g/mol. The van der Waals surface area contributed by atoms with Gasteiger partial charge < -0.3 is 10.2 Å². The van der Waals surface area contributed by atoms with E-state index in [1.165, 1.54) is 0 Å².